The molecule has 0 spiro atoms. The molecule has 0 saturated heterocycles. The number of aromatic nitrogens is 2. The molecule has 3 nitrogen and oxygen atoms in total. The van der Waals surface area contributed by atoms with Crippen LogP contribution in [0.15, 0.2) is 6.07 Å². The zero-order valence-corrected chi connectivity index (χ0v) is 7.31. The zero-order valence-electron chi connectivity index (χ0n) is 7.31. The van der Waals surface area contributed by atoms with Crippen LogP contribution in [-0.4, -0.2) is 10.2 Å². The highest BCUT2D eigenvalue weighted by atomic mass is 15.2. The van der Waals surface area contributed by atoms with Gasteiger partial charge < -0.3 is 5.73 Å². The SMILES string of the molecule is CC(C)(C)Cc1cc(N)n[nH]1. The van der Waals surface area contributed by atoms with E-state index in [1.807, 2.05) is 6.07 Å². The topological polar surface area (TPSA) is 54.7 Å². The predicted molar refractivity (Wildman–Crippen MR) is 46.2 cm³/mol. The Morgan fingerprint density at radius 3 is 2.55 bits per heavy atom. The van der Waals surface area contributed by atoms with E-state index in [1.54, 1.807) is 0 Å². The molecule has 0 radical (unpaired) electrons. The van der Waals surface area contributed by atoms with Crippen molar-refractivity contribution in [2.75, 3.05) is 5.73 Å². The van der Waals surface area contributed by atoms with Gasteiger partial charge in [0.15, 0.2) is 0 Å². The Bertz CT molecular complexity index is 232. The van der Waals surface area contributed by atoms with Gasteiger partial charge in [0.2, 0.25) is 0 Å². The second kappa shape index (κ2) is 2.57. The largest absolute Gasteiger partial charge is 0.382 e. The lowest BCUT2D eigenvalue weighted by Gasteiger charge is -2.15. The summed E-state index contributed by atoms with van der Waals surface area (Å²) >= 11 is 0. The predicted octanol–water partition coefficient (Wildman–Crippen LogP) is 1.58. The molecule has 0 aromatic carbocycles. The molecule has 1 heterocycles. The van der Waals surface area contributed by atoms with Crippen LogP contribution in [-0.2, 0) is 6.42 Å². The number of hydrogen-bond acceptors (Lipinski definition) is 2. The molecule has 1 aromatic rings. The maximum atomic E-state index is 5.46. The van der Waals surface area contributed by atoms with Crippen LogP contribution in [0, 0.1) is 5.41 Å². The molecule has 0 fully saturated rings. The van der Waals surface area contributed by atoms with E-state index in [0.29, 0.717) is 11.2 Å². The molecule has 1 rings (SSSR count). The first-order valence-corrected chi connectivity index (χ1v) is 3.77. The number of rotatable bonds is 1. The molecule has 0 aliphatic carbocycles. The van der Waals surface area contributed by atoms with Gasteiger partial charge in [-0.15, -0.1) is 0 Å². The molecule has 1 aromatic heterocycles. The number of nitrogen functional groups attached to an aromatic ring is 1. The van der Waals surface area contributed by atoms with Crippen LogP contribution in [0.3, 0.4) is 0 Å². The molecule has 3 heteroatoms. The lowest BCUT2D eigenvalue weighted by atomic mass is 9.91. The smallest absolute Gasteiger partial charge is 0.145 e. The summed E-state index contributed by atoms with van der Waals surface area (Å²) < 4.78 is 0. The van der Waals surface area contributed by atoms with Crippen molar-refractivity contribution >= 4 is 5.82 Å². The van der Waals surface area contributed by atoms with Gasteiger partial charge in [0.1, 0.15) is 5.82 Å². The van der Waals surface area contributed by atoms with Crippen molar-refractivity contribution in [3.63, 3.8) is 0 Å². The highest BCUT2D eigenvalue weighted by Crippen LogP contribution is 2.19. The molecule has 0 aliphatic rings. The van der Waals surface area contributed by atoms with Crippen molar-refractivity contribution in [2.24, 2.45) is 5.41 Å². The van der Waals surface area contributed by atoms with Crippen LogP contribution >= 0.6 is 0 Å². The summed E-state index contributed by atoms with van der Waals surface area (Å²) in [5, 5.41) is 6.74. The lowest BCUT2D eigenvalue weighted by molar-refractivity contribution is 0.406. The summed E-state index contributed by atoms with van der Waals surface area (Å²) in [4.78, 5) is 0. The Morgan fingerprint density at radius 2 is 2.18 bits per heavy atom. The fraction of sp³-hybridized carbons (Fsp3) is 0.625. The Kier molecular flexibility index (Phi) is 1.89. The maximum Gasteiger partial charge on any atom is 0.145 e. The Balaban J connectivity index is 2.65. The van der Waals surface area contributed by atoms with Gasteiger partial charge in [0, 0.05) is 11.8 Å². The minimum absolute atomic E-state index is 0.291. The van der Waals surface area contributed by atoms with E-state index >= 15 is 0 Å². The fourth-order valence-electron chi connectivity index (χ4n) is 1.04. The second-order valence-corrected chi connectivity index (χ2v) is 4.06. The van der Waals surface area contributed by atoms with Gasteiger partial charge in [-0.25, -0.2) is 0 Å². The number of anilines is 1. The molecule has 0 unspecified atom stereocenters. The first-order chi connectivity index (χ1) is 4.97. The molecule has 0 saturated carbocycles. The third-order valence-electron chi connectivity index (χ3n) is 1.37. The molecular weight excluding hydrogens is 138 g/mol. The molecule has 62 valence electrons. The minimum atomic E-state index is 0.291. The Labute approximate surface area is 67.0 Å². The number of nitrogens with zero attached hydrogens (tertiary/aromatic N) is 1. The number of nitrogens with two attached hydrogens (primary N) is 1. The van der Waals surface area contributed by atoms with E-state index in [2.05, 4.69) is 31.0 Å². The zero-order chi connectivity index (χ0) is 8.48. The quantitative estimate of drug-likeness (QED) is 0.643. The summed E-state index contributed by atoms with van der Waals surface area (Å²) in [7, 11) is 0. The van der Waals surface area contributed by atoms with E-state index in [0.717, 1.165) is 12.1 Å². The minimum Gasteiger partial charge on any atom is -0.382 e. The first kappa shape index (κ1) is 8.11. The molecular formula is C8H15N3. The van der Waals surface area contributed by atoms with Crippen LogP contribution in [0.2, 0.25) is 0 Å². The summed E-state index contributed by atoms with van der Waals surface area (Å²) in [6, 6.07) is 1.88. The molecule has 11 heavy (non-hydrogen) atoms. The van der Waals surface area contributed by atoms with Crippen molar-refractivity contribution in [1.29, 1.82) is 0 Å². The summed E-state index contributed by atoms with van der Waals surface area (Å²) in [5.41, 5.74) is 6.85. The van der Waals surface area contributed by atoms with Crippen molar-refractivity contribution < 1.29 is 0 Å². The van der Waals surface area contributed by atoms with Crippen molar-refractivity contribution in [2.45, 2.75) is 27.2 Å². The maximum absolute atomic E-state index is 5.46. The average molecular weight is 153 g/mol. The van der Waals surface area contributed by atoms with Crippen molar-refractivity contribution in [3.8, 4) is 0 Å². The number of H-pyrrole nitrogens is 1. The van der Waals surface area contributed by atoms with E-state index in [9.17, 15) is 0 Å². The van der Waals surface area contributed by atoms with Gasteiger partial charge >= 0.3 is 0 Å². The van der Waals surface area contributed by atoms with Gasteiger partial charge in [-0.1, -0.05) is 20.8 Å². The van der Waals surface area contributed by atoms with E-state index in [1.165, 1.54) is 0 Å². The standard InChI is InChI=1S/C8H15N3/c1-8(2,3)5-6-4-7(9)11-10-6/h4H,5H2,1-3H3,(H3,9,10,11). The summed E-state index contributed by atoms with van der Waals surface area (Å²) in [6.45, 7) is 6.55. The number of nitrogens with one attached hydrogen (secondary N) is 1. The molecule has 0 atom stereocenters. The van der Waals surface area contributed by atoms with Gasteiger partial charge in [-0.2, -0.15) is 5.10 Å². The monoisotopic (exact) mass is 153 g/mol. The van der Waals surface area contributed by atoms with Crippen molar-refractivity contribution in [1.82, 2.24) is 10.2 Å². The van der Waals surface area contributed by atoms with E-state index in [4.69, 9.17) is 5.73 Å². The van der Waals surface area contributed by atoms with E-state index in [-0.39, 0.29) is 0 Å². The molecule has 0 bridgehead atoms. The normalized spacial score (nSPS) is 11.9. The third kappa shape index (κ3) is 2.62. The second-order valence-electron chi connectivity index (χ2n) is 4.06. The number of hydrogen-bond donors (Lipinski definition) is 2. The van der Waals surface area contributed by atoms with Gasteiger partial charge in [0.05, 0.1) is 0 Å². The third-order valence-corrected chi connectivity index (χ3v) is 1.37. The lowest BCUT2D eigenvalue weighted by Crippen LogP contribution is -2.09. The van der Waals surface area contributed by atoms with Crippen LogP contribution in [0.25, 0.3) is 0 Å². The summed E-state index contributed by atoms with van der Waals surface area (Å²) in [6.07, 6.45) is 0.983. The van der Waals surface area contributed by atoms with Gasteiger partial charge in [-0.05, 0) is 11.8 Å². The molecule has 0 amide bonds. The van der Waals surface area contributed by atoms with Gasteiger partial charge in [-0.3, -0.25) is 5.10 Å². The van der Waals surface area contributed by atoms with Gasteiger partial charge in [0.25, 0.3) is 0 Å². The highest BCUT2D eigenvalue weighted by molar-refractivity contribution is 5.28. The van der Waals surface area contributed by atoms with Crippen LogP contribution < -0.4 is 5.73 Å². The van der Waals surface area contributed by atoms with Crippen LogP contribution in [0.1, 0.15) is 26.5 Å². The Morgan fingerprint density at radius 1 is 1.55 bits per heavy atom. The first-order valence-electron chi connectivity index (χ1n) is 3.77. The Hall–Kier alpha value is -0.990. The molecule has 0 aliphatic heterocycles. The van der Waals surface area contributed by atoms with Crippen LogP contribution in [0.4, 0.5) is 5.82 Å². The fourth-order valence-corrected chi connectivity index (χ4v) is 1.04. The highest BCUT2D eigenvalue weighted by Gasteiger charge is 2.12. The van der Waals surface area contributed by atoms with Crippen LogP contribution in [0.5, 0.6) is 0 Å². The van der Waals surface area contributed by atoms with Crippen molar-refractivity contribution in [3.05, 3.63) is 11.8 Å². The molecule has 3 N–H and O–H groups in total. The average Bonchev–Trinajstić information content (AvgIpc) is 2.10. The summed E-state index contributed by atoms with van der Waals surface area (Å²) in [5.74, 6) is 0.573. The van der Waals surface area contributed by atoms with E-state index < -0.39 is 0 Å². The number of aromatic amines is 1.